The fourth-order valence-corrected chi connectivity index (χ4v) is 4.18. The molecule has 0 bridgehead atoms. The van der Waals surface area contributed by atoms with Crippen molar-refractivity contribution in [1.82, 2.24) is 9.88 Å². The van der Waals surface area contributed by atoms with Crippen LogP contribution in [0.15, 0.2) is 66.7 Å². The fraction of sp³-hybridized carbons (Fsp3) is 0.240. The van der Waals surface area contributed by atoms with Crippen molar-refractivity contribution in [2.24, 2.45) is 0 Å². The van der Waals surface area contributed by atoms with E-state index >= 15 is 0 Å². The highest BCUT2D eigenvalue weighted by Crippen LogP contribution is 2.38. The van der Waals surface area contributed by atoms with Crippen molar-refractivity contribution >= 4 is 38.9 Å². The molecule has 30 heavy (non-hydrogen) atoms. The number of benzene rings is 3. The minimum absolute atomic E-state index is 0.822. The van der Waals surface area contributed by atoms with E-state index in [1.807, 2.05) is 30.3 Å². The van der Waals surface area contributed by atoms with Crippen LogP contribution in [-0.2, 0) is 0 Å². The summed E-state index contributed by atoms with van der Waals surface area (Å²) in [5.41, 5.74) is 5.24. The molecule has 1 aromatic heterocycles. The monoisotopic (exact) mass is 398 g/mol. The number of hydrogen-bond acceptors (Lipinski definition) is 5. The number of fused-ring (bicyclic) bond motifs is 2. The van der Waals surface area contributed by atoms with Crippen LogP contribution >= 0.6 is 0 Å². The predicted octanol–water partition coefficient (Wildman–Crippen LogP) is 4.89. The zero-order chi connectivity index (χ0) is 20.5. The average Bonchev–Trinajstić information content (AvgIpc) is 2.79. The topological polar surface area (TPSA) is 40.6 Å². The lowest BCUT2D eigenvalue weighted by molar-refractivity contribution is 0.313. The quantitative estimate of drug-likeness (QED) is 0.496. The molecule has 1 saturated heterocycles. The third-order valence-corrected chi connectivity index (χ3v) is 5.89. The molecule has 5 heteroatoms. The van der Waals surface area contributed by atoms with Crippen molar-refractivity contribution in [2.75, 3.05) is 50.6 Å². The van der Waals surface area contributed by atoms with Crippen LogP contribution in [0.4, 0.5) is 17.1 Å². The number of methoxy groups -OCH3 is 1. The second-order valence-electron chi connectivity index (χ2n) is 7.82. The predicted molar refractivity (Wildman–Crippen MR) is 125 cm³/mol. The minimum atomic E-state index is 0.822. The standard InChI is InChI=1S/C25H26N4O/c1-28-14-16-29(17-15-28)19-12-10-18(11-13-19)26-25-20-6-3-4-7-21(20)27-22-8-5-9-23(30-2)24(22)25/h3-13H,14-17H2,1-2H3,(H,26,27). The van der Waals surface area contributed by atoms with E-state index in [-0.39, 0.29) is 0 Å². The van der Waals surface area contributed by atoms with E-state index in [0.717, 1.165) is 65.1 Å². The van der Waals surface area contributed by atoms with E-state index in [1.54, 1.807) is 7.11 Å². The Morgan fingerprint density at radius 1 is 0.833 bits per heavy atom. The minimum Gasteiger partial charge on any atom is -0.496 e. The summed E-state index contributed by atoms with van der Waals surface area (Å²) in [6.07, 6.45) is 0. The van der Waals surface area contributed by atoms with Crippen LogP contribution in [0.2, 0.25) is 0 Å². The molecule has 4 aromatic rings. The summed E-state index contributed by atoms with van der Waals surface area (Å²) in [6, 6.07) is 23.0. The first kappa shape index (κ1) is 18.7. The lowest BCUT2D eigenvalue weighted by Crippen LogP contribution is -2.44. The average molecular weight is 399 g/mol. The van der Waals surface area contributed by atoms with Crippen molar-refractivity contribution in [1.29, 1.82) is 0 Å². The van der Waals surface area contributed by atoms with E-state index in [9.17, 15) is 0 Å². The van der Waals surface area contributed by atoms with Gasteiger partial charge in [0.05, 0.1) is 29.2 Å². The van der Waals surface area contributed by atoms with Crippen molar-refractivity contribution in [3.63, 3.8) is 0 Å². The second kappa shape index (κ2) is 7.84. The van der Waals surface area contributed by atoms with Gasteiger partial charge in [-0.1, -0.05) is 24.3 Å². The highest BCUT2D eigenvalue weighted by molar-refractivity contribution is 6.11. The van der Waals surface area contributed by atoms with Gasteiger partial charge in [-0.2, -0.15) is 0 Å². The molecule has 152 valence electrons. The Bertz CT molecular complexity index is 1180. The van der Waals surface area contributed by atoms with Gasteiger partial charge in [-0.25, -0.2) is 4.98 Å². The summed E-state index contributed by atoms with van der Waals surface area (Å²) in [4.78, 5) is 9.66. The van der Waals surface area contributed by atoms with Crippen LogP contribution in [0.3, 0.4) is 0 Å². The third kappa shape index (κ3) is 3.42. The molecule has 0 saturated carbocycles. The van der Waals surface area contributed by atoms with Crippen LogP contribution in [0.1, 0.15) is 0 Å². The number of rotatable bonds is 4. The number of aromatic nitrogens is 1. The molecule has 0 atom stereocenters. The number of hydrogen-bond donors (Lipinski definition) is 1. The fourth-order valence-electron chi connectivity index (χ4n) is 4.18. The molecule has 1 aliphatic heterocycles. The normalized spacial score (nSPS) is 14.9. The third-order valence-electron chi connectivity index (χ3n) is 5.89. The number of likely N-dealkylation sites (N-methyl/N-ethyl adjacent to an activating group) is 1. The van der Waals surface area contributed by atoms with Crippen LogP contribution in [0.5, 0.6) is 5.75 Å². The van der Waals surface area contributed by atoms with Gasteiger partial charge in [0.25, 0.3) is 0 Å². The summed E-state index contributed by atoms with van der Waals surface area (Å²) in [5.74, 6) is 0.822. The lowest BCUT2D eigenvalue weighted by atomic mass is 10.1. The maximum atomic E-state index is 5.67. The Morgan fingerprint density at radius 3 is 2.33 bits per heavy atom. The number of ether oxygens (including phenoxy) is 1. The van der Waals surface area contributed by atoms with Gasteiger partial charge in [0.1, 0.15) is 5.75 Å². The summed E-state index contributed by atoms with van der Waals surface area (Å²) < 4.78 is 5.67. The smallest absolute Gasteiger partial charge is 0.130 e. The molecule has 1 fully saturated rings. The van der Waals surface area contributed by atoms with Gasteiger partial charge in [-0.3, -0.25) is 0 Å². The number of para-hydroxylation sites is 1. The van der Waals surface area contributed by atoms with Gasteiger partial charge in [0, 0.05) is 42.9 Å². The van der Waals surface area contributed by atoms with Gasteiger partial charge < -0.3 is 19.9 Å². The molecular weight excluding hydrogens is 372 g/mol. The summed E-state index contributed by atoms with van der Waals surface area (Å²) in [7, 11) is 3.89. The maximum absolute atomic E-state index is 5.67. The Labute approximate surface area is 176 Å². The number of piperazine rings is 1. The lowest BCUT2D eigenvalue weighted by Gasteiger charge is -2.34. The Kier molecular flexibility index (Phi) is 4.89. The number of anilines is 3. The molecule has 0 spiro atoms. The zero-order valence-electron chi connectivity index (χ0n) is 17.4. The molecule has 0 aliphatic carbocycles. The van der Waals surface area contributed by atoms with E-state index in [0.29, 0.717) is 0 Å². The zero-order valence-corrected chi connectivity index (χ0v) is 17.4. The Morgan fingerprint density at radius 2 is 1.57 bits per heavy atom. The van der Waals surface area contributed by atoms with Crippen LogP contribution in [0.25, 0.3) is 21.8 Å². The second-order valence-corrected chi connectivity index (χ2v) is 7.82. The molecule has 2 heterocycles. The highest BCUT2D eigenvalue weighted by atomic mass is 16.5. The molecule has 5 nitrogen and oxygen atoms in total. The largest absolute Gasteiger partial charge is 0.496 e. The Hall–Kier alpha value is -3.31. The molecule has 1 aliphatic rings. The molecule has 3 aromatic carbocycles. The van der Waals surface area contributed by atoms with Crippen molar-refractivity contribution < 1.29 is 4.74 Å². The SMILES string of the molecule is COc1cccc2nc3ccccc3c(Nc3ccc(N4CCN(C)CC4)cc3)c12. The van der Waals surface area contributed by atoms with Crippen molar-refractivity contribution in [3.05, 3.63) is 66.7 Å². The maximum Gasteiger partial charge on any atom is 0.130 e. The van der Waals surface area contributed by atoms with Gasteiger partial charge in [-0.05, 0) is 49.5 Å². The van der Waals surface area contributed by atoms with Crippen LogP contribution in [0, 0.1) is 0 Å². The molecule has 5 rings (SSSR count). The number of nitrogens with zero attached hydrogens (tertiary/aromatic N) is 3. The molecule has 0 amide bonds. The van der Waals surface area contributed by atoms with E-state index in [4.69, 9.17) is 9.72 Å². The van der Waals surface area contributed by atoms with Crippen molar-refractivity contribution in [2.45, 2.75) is 0 Å². The summed E-state index contributed by atoms with van der Waals surface area (Å²) in [6.45, 7) is 4.35. The van der Waals surface area contributed by atoms with Gasteiger partial charge in [-0.15, -0.1) is 0 Å². The molecule has 0 radical (unpaired) electrons. The molecule has 0 unspecified atom stereocenters. The molecule has 1 N–H and O–H groups in total. The molecular formula is C25H26N4O. The number of nitrogens with one attached hydrogen (secondary N) is 1. The van der Waals surface area contributed by atoms with E-state index < -0.39 is 0 Å². The summed E-state index contributed by atoms with van der Waals surface area (Å²) in [5, 5.41) is 5.74. The van der Waals surface area contributed by atoms with Crippen LogP contribution in [-0.4, -0.2) is 50.2 Å². The first-order valence-electron chi connectivity index (χ1n) is 10.4. The van der Waals surface area contributed by atoms with Crippen LogP contribution < -0.4 is 15.0 Å². The van der Waals surface area contributed by atoms with Crippen molar-refractivity contribution in [3.8, 4) is 5.75 Å². The van der Waals surface area contributed by atoms with Gasteiger partial charge in [0.2, 0.25) is 0 Å². The van der Waals surface area contributed by atoms with E-state index in [1.165, 1.54) is 5.69 Å². The Balaban J connectivity index is 1.54. The highest BCUT2D eigenvalue weighted by Gasteiger charge is 2.15. The van der Waals surface area contributed by atoms with Gasteiger partial charge >= 0.3 is 0 Å². The number of pyridine rings is 1. The first-order valence-corrected chi connectivity index (χ1v) is 10.4. The first-order chi connectivity index (χ1) is 14.7. The van der Waals surface area contributed by atoms with Gasteiger partial charge in [0.15, 0.2) is 0 Å². The summed E-state index contributed by atoms with van der Waals surface area (Å²) >= 11 is 0. The van der Waals surface area contributed by atoms with E-state index in [2.05, 4.69) is 58.6 Å².